The minimum absolute atomic E-state index is 0.0372. The first-order valence-corrected chi connectivity index (χ1v) is 5.36. The van der Waals surface area contributed by atoms with Crippen LogP contribution in [0.3, 0.4) is 0 Å². The Morgan fingerprint density at radius 3 is 2.94 bits per heavy atom. The van der Waals surface area contributed by atoms with Crippen molar-refractivity contribution in [3.63, 3.8) is 0 Å². The molecular formula is C12H14O5. The Kier molecular flexibility index (Phi) is 3.49. The van der Waals surface area contributed by atoms with Crippen LogP contribution in [0.4, 0.5) is 0 Å². The zero-order chi connectivity index (χ0) is 12.3. The maximum atomic E-state index is 11.2. The van der Waals surface area contributed by atoms with Gasteiger partial charge < -0.3 is 19.3 Å². The fraction of sp³-hybridized carbons (Fsp3) is 0.417. The molecule has 5 nitrogen and oxygen atoms in total. The fourth-order valence-electron chi connectivity index (χ4n) is 1.65. The molecule has 1 N–H and O–H groups in total. The van der Waals surface area contributed by atoms with Crippen LogP contribution in [-0.4, -0.2) is 37.5 Å². The molecule has 17 heavy (non-hydrogen) atoms. The Hall–Kier alpha value is -1.75. The summed E-state index contributed by atoms with van der Waals surface area (Å²) in [6.45, 7) is 1.20. The highest BCUT2D eigenvalue weighted by Crippen LogP contribution is 2.29. The van der Waals surface area contributed by atoms with Gasteiger partial charge in [0.1, 0.15) is 6.10 Å². The number of phenolic OH excluding ortho intramolecular Hbond substituents is 1. The van der Waals surface area contributed by atoms with Crippen LogP contribution in [-0.2, 0) is 9.47 Å². The second-order valence-electron chi connectivity index (χ2n) is 3.78. The van der Waals surface area contributed by atoms with Crippen LogP contribution in [0.15, 0.2) is 18.2 Å². The molecule has 1 saturated heterocycles. The van der Waals surface area contributed by atoms with E-state index in [1.165, 1.54) is 13.2 Å². The van der Waals surface area contributed by atoms with Gasteiger partial charge in [0, 0.05) is 6.42 Å². The van der Waals surface area contributed by atoms with Gasteiger partial charge in [0.2, 0.25) is 0 Å². The third-order valence-corrected chi connectivity index (χ3v) is 2.56. The molecule has 1 atom stereocenters. The molecule has 1 aliphatic heterocycles. The molecule has 0 aliphatic carbocycles. The quantitative estimate of drug-likeness (QED) is 0.805. The minimum Gasteiger partial charge on any atom is -0.504 e. The van der Waals surface area contributed by atoms with Gasteiger partial charge in [-0.1, -0.05) is 0 Å². The molecule has 1 heterocycles. The number of esters is 1. The van der Waals surface area contributed by atoms with Crippen LogP contribution in [0.1, 0.15) is 16.8 Å². The maximum Gasteiger partial charge on any atom is 0.337 e. The molecule has 0 amide bonds. The summed E-state index contributed by atoms with van der Waals surface area (Å²) in [5, 5.41) is 9.72. The molecule has 0 radical (unpaired) electrons. The fourth-order valence-corrected chi connectivity index (χ4v) is 1.65. The van der Waals surface area contributed by atoms with E-state index in [1.807, 2.05) is 0 Å². The third-order valence-electron chi connectivity index (χ3n) is 2.56. The van der Waals surface area contributed by atoms with Gasteiger partial charge in [-0.25, -0.2) is 4.79 Å². The van der Waals surface area contributed by atoms with Gasteiger partial charge in [-0.3, -0.25) is 0 Å². The molecule has 5 heteroatoms. The van der Waals surface area contributed by atoms with Crippen molar-refractivity contribution in [1.82, 2.24) is 0 Å². The number of carbonyl (C=O) groups is 1. The van der Waals surface area contributed by atoms with Crippen molar-refractivity contribution in [3.05, 3.63) is 23.8 Å². The van der Waals surface area contributed by atoms with E-state index in [4.69, 9.17) is 9.47 Å². The van der Waals surface area contributed by atoms with Gasteiger partial charge in [-0.05, 0) is 18.2 Å². The van der Waals surface area contributed by atoms with Gasteiger partial charge in [0.15, 0.2) is 11.5 Å². The Bertz CT molecular complexity index is 409. The lowest BCUT2D eigenvalue weighted by Crippen LogP contribution is -2.15. The van der Waals surface area contributed by atoms with Crippen LogP contribution in [0, 0.1) is 0 Å². The number of ether oxygens (including phenoxy) is 3. The number of benzene rings is 1. The predicted molar refractivity (Wildman–Crippen MR) is 59.3 cm³/mol. The summed E-state index contributed by atoms with van der Waals surface area (Å²) in [6.07, 6.45) is 0.767. The molecule has 1 aromatic rings. The lowest BCUT2D eigenvalue weighted by molar-refractivity contribution is 0.0600. The lowest BCUT2D eigenvalue weighted by atomic mass is 10.2. The lowest BCUT2D eigenvalue weighted by Gasteiger charge is -2.13. The van der Waals surface area contributed by atoms with Crippen LogP contribution in [0.5, 0.6) is 11.5 Å². The Balaban J connectivity index is 2.10. The van der Waals surface area contributed by atoms with Crippen molar-refractivity contribution in [2.24, 2.45) is 0 Å². The van der Waals surface area contributed by atoms with E-state index in [0.717, 1.165) is 6.42 Å². The molecule has 0 aromatic heterocycles. The van der Waals surface area contributed by atoms with E-state index in [1.54, 1.807) is 12.1 Å². The zero-order valence-corrected chi connectivity index (χ0v) is 9.51. The van der Waals surface area contributed by atoms with E-state index in [9.17, 15) is 9.90 Å². The average Bonchev–Trinajstić information content (AvgIpc) is 2.83. The summed E-state index contributed by atoms with van der Waals surface area (Å²) in [5.41, 5.74) is 0.292. The van der Waals surface area contributed by atoms with Gasteiger partial charge in [-0.2, -0.15) is 0 Å². The van der Waals surface area contributed by atoms with E-state index in [2.05, 4.69) is 4.74 Å². The van der Waals surface area contributed by atoms with Crippen LogP contribution >= 0.6 is 0 Å². The molecule has 2 rings (SSSR count). The second kappa shape index (κ2) is 5.05. The van der Waals surface area contributed by atoms with E-state index >= 15 is 0 Å². The van der Waals surface area contributed by atoms with E-state index in [0.29, 0.717) is 24.5 Å². The van der Waals surface area contributed by atoms with Crippen molar-refractivity contribution in [1.29, 1.82) is 0 Å². The van der Waals surface area contributed by atoms with Crippen LogP contribution in [0.2, 0.25) is 0 Å². The molecule has 1 fully saturated rings. The highest BCUT2D eigenvalue weighted by Gasteiger charge is 2.19. The number of rotatable bonds is 3. The molecule has 1 aliphatic rings. The number of methoxy groups -OCH3 is 1. The number of phenols is 1. The predicted octanol–water partition coefficient (Wildman–Crippen LogP) is 1.35. The van der Waals surface area contributed by atoms with Gasteiger partial charge >= 0.3 is 5.97 Å². The monoisotopic (exact) mass is 238 g/mol. The number of hydrogen-bond acceptors (Lipinski definition) is 5. The van der Waals surface area contributed by atoms with Gasteiger partial charge in [0.25, 0.3) is 0 Å². The van der Waals surface area contributed by atoms with Crippen molar-refractivity contribution in [3.8, 4) is 11.5 Å². The van der Waals surface area contributed by atoms with Crippen molar-refractivity contribution in [2.75, 3.05) is 20.3 Å². The number of carbonyl (C=O) groups excluding carboxylic acids is 1. The standard InChI is InChI=1S/C12H14O5/c1-15-12(14)8-2-3-11(10(13)6-8)17-9-4-5-16-7-9/h2-3,6,9,13H,4-5,7H2,1H3. The number of hydrogen-bond donors (Lipinski definition) is 1. The first-order chi connectivity index (χ1) is 8.20. The Morgan fingerprint density at radius 2 is 2.35 bits per heavy atom. The molecule has 92 valence electrons. The topological polar surface area (TPSA) is 65.0 Å². The SMILES string of the molecule is COC(=O)c1ccc(OC2CCOC2)c(O)c1. The molecular weight excluding hydrogens is 224 g/mol. The summed E-state index contributed by atoms with van der Waals surface area (Å²) >= 11 is 0. The van der Waals surface area contributed by atoms with Crippen LogP contribution < -0.4 is 4.74 Å². The molecule has 0 spiro atoms. The second-order valence-corrected chi connectivity index (χ2v) is 3.78. The van der Waals surface area contributed by atoms with E-state index < -0.39 is 5.97 Å². The normalized spacial score (nSPS) is 19.0. The van der Waals surface area contributed by atoms with Gasteiger partial charge in [-0.15, -0.1) is 0 Å². The Morgan fingerprint density at radius 1 is 1.53 bits per heavy atom. The van der Waals surface area contributed by atoms with Crippen LogP contribution in [0.25, 0.3) is 0 Å². The highest BCUT2D eigenvalue weighted by molar-refractivity contribution is 5.90. The third kappa shape index (κ3) is 2.68. The summed E-state index contributed by atoms with van der Waals surface area (Å²) < 4.78 is 15.3. The van der Waals surface area contributed by atoms with E-state index in [-0.39, 0.29) is 11.9 Å². The van der Waals surface area contributed by atoms with Crippen molar-refractivity contribution < 1.29 is 24.1 Å². The Labute approximate surface area is 98.9 Å². The molecule has 0 saturated carbocycles. The maximum absolute atomic E-state index is 11.2. The van der Waals surface area contributed by atoms with Gasteiger partial charge in [0.05, 0.1) is 25.9 Å². The van der Waals surface area contributed by atoms with Crippen molar-refractivity contribution in [2.45, 2.75) is 12.5 Å². The molecule has 1 unspecified atom stereocenters. The summed E-state index contributed by atoms with van der Waals surface area (Å²) in [6, 6.07) is 4.44. The highest BCUT2D eigenvalue weighted by atomic mass is 16.5. The summed E-state index contributed by atoms with van der Waals surface area (Å²) in [5.74, 6) is -0.205. The first-order valence-electron chi connectivity index (χ1n) is 5.36. The first kappa shape index (κ1) is 11.7. The average molecular weight is 238 g/mol. The minimum atomic E-state index is -0.490. The molecule has 0 bridgehead atoms. The largest absolute Gasteiger partial charge is 0.504 e. The zero-order valence-electron chi connectivity index (χ0n) is 9.51. The van der Waals surface area contributed by atoms with Crippen molar-refractivity contribution >= 4 is 5.97 Å². The summed E-state index contributed by atoms with van der Waals surface area (Å²) in [7, 11) is 1.29. The molecule has 1 aromatic carbocycles. The summed E-state index contributed by atoms with van der Waals surface area (Å²) in [4.78, 5) is 11.2. The smallest absolute Gasteiger partial charge is 0.337 e. The number of aromatic hydroxyl groups is 1.